The molecule has 0 bridgehead atoms. The van der Waals surface area contributed by atoms with Crippen molar-refractivity contribution in [3.05, 3.63) is 79.6 Å². The van der Waals surface area contributed by atoms with Gasteiger partial charge in [-0.3, -0.25) is 14.5 Å². The Kier molecular flexibility index (Phi) is 7.98. The summed E-state index contributed by atoms with van der Waals surface area (Å²) in [5.41, 5.74) is 1.76. The van der Waals surface area contributed by atoms with Gasteiger partial charge in [-0.05, 0) is 97.6 Å². The number of halogens is 2. The van der Waals surface area contributed by atoms with E-state index in [2.05, 4.69) is 50.1 Å². The highest BCUT2D eigenvalue weighted by atomic mass is 79.9. The molecule has 1 heterocycles. The van der Waals surface area contributed by atoms with Gasteiger partial charge in [0.25, 0.3) is 11.1 Å². The van der Waals surface area contributed by atoms with Crippen molar-refractivity contribution in [1.29, 1.82) is 0 Å². The molecular weight excluding hydrogens is 598 g/mol. The molecule has 0 N–H and O–H groups in total. The van der Waals surface area contributed by atoms with E-state index in [-0.39, 0.29) is 11.5 Å². The molecule has 6 nitrogen and oxygen atoms in total. The molecule has 0 spiro atoms. The molecule has 2 amide bonds. The van der Waals surface area contributed by atoms with E-state index in [4.69, 9.17) is 9.47 Å². The predicted molar refractivity (Wildman–Crippen MR) is 144 cm³/mol. The van der Waals surface area contributed by atoms with E-state index in [1.807, 2.05) is 36.4 Å². The van der Waals surface area contributed by atoms with E-state index in [0.717, 1.165) is 33.0 Å². The number of esters is 1. The normalized spacial score (nSPS) is 15.7. The van der Waals surface area contributed by atoms with Gasteiger partial charge < -0.3 is 9.47 Å². The van der Waals surface area contributed by atoms with Crippen LogP contribution in [0.15, 0.2) is 68.4 Å². The average Bonchev–Trinajstić information content (AvgIpc) is 3.10. The van der Waals surface area contributed by atoms with Crippen molar-refractivity contribution in [3.8, 4) is 5.75 Å². The maximum atomic E-state index is 12.8. The standard InChI is InChI=1S/C26H21Br2NO5S/c1-3-33-25(31)15(2)29-24(30)22(35-26(29)32)13-16-11-20(27)23(21(28)12-16)34-14-18-9-6-8-17-7-4-5-10-19(17)18/h4-13,15H,3,14H2,1-2H3/b22-13+/t15-/m1/s1. The summed E-state index contributed by atoms with van der Waals surface area (Å²) in [5, 5.41) is 1.77. The minimum atomic E-state index is -0.989. The number of fused-ring (bicyclic) bond motifs is 1. The quantitative estimate of drug-likeness (QED) is 0.211. The van der Waals surface area contributed by atoms with Gasteiger partial charge in [0.1, 0.15) is 18.4 Å². The highest BCUT2D eigenvalue weighted by Crippen LogP contribution is 2.39. The van der Waals surface area contributed by atoms with Crippen LogP contribution in [-0.4, -0.2) is 34.7 Å². The van der Waals surface area contributed by atoms with E-state index >= 15 is 0 Å². The Morgan fingerprint density at radius 3 is 2.49 bits per heavy atom. The topological polar surface area (TPSA) is 72.9 Å². The molecule has 4 rings (SSSR count). The molecule has 35 heavy (non-hydrogen) atoms. The summed E-state index contributed by atoms with van der Waals surface area (Å²) in [7, 11) is 0. The lowest BCUT2D eigenvalue weighted by Gasteiger charge is -2.19. The number of ether oxygens (including phenoxy) is 2. The highest BCUT2D eigenvalue weighted by molar-refractivity contribution is 9.11. The molecule has 9 heteroatoms. The van der Waals surface area contributed by atoms with Gasteiger partial charge in [-0.25, -0.2) is 4.79 Å². The van der Waals surface area contributed by atoms with Crippen LogP contribution in [0.1, 0.15) is 25.0 Å². The Balaban J connectivity index is 1.53. The third-order valence-corrected chi connectivity index (χ3v) is 7.47. The maximum Gasteiger partial charge on any atom is 0.329 e. The summed E-state index contributed by atoms with van der Waals surface area (Å²) in [4.78, 5) is 38.4. The number of hydrogen-bond donors (Lipinski definition) is 0. The van der Waals surface area contributed by atoms with Crippen LogP contribution >= 0.6 is 43.6 Å². The number of nitrogens with zero attached hydrogens (tertiary/aromatic N) is 1. The minimum absolute atomic E-state index is 0.173. The summed E-state index contributed by atoms with van der Waals surface area (Å²) in [6.45, 7) is 3.70. The monoisotopic (exact) mass is 617 g/mol. The van der Waals surface area contributed by atoms with E-state index < -0.39 is 23.2 Å². The Morgan fingerprint density at radius 1 is 1.09 bits per heavy atom. The van der Waals surface area contributed by atoms with Crippen molar-refractivity contribution in [2.45, 2.75) is 26.5 Å². The zero-order valence-electron chi connectivity index (χ0n) is 18.9. The summed E-state index contributed by atoms with van der Waals surface area (Å²) in [6.07, 6.45) is 1.62. The van der Waals surface area contributed by atoms with Crippen LogP contribution in [0.25, 0.3) is 16.8 Å². The van der Waals surface area contributed by atoms with Gasteiger partial charge in [-0.1, -0.05) is 42.5 Å². The van der Waals surface area contributed by atoms with Crippen LogP contribution in [0, 0.1) is 0 Å². The Hall–Kier alpha value is -2.62. The second-order valence-electron chi connectivity index (χ2n) is 7.72. The average molecular weight is 619 g/mol. The molecule has 1 fully saturated rings. The molecule has 0 aliphatic carbocycles. The number of benzene rings is 3. The lowest BCUT2D eigenvalue weighted by molar-refractivity contribution is -0.150. The van der Waals surface area contributed by atoms with Crippen LogP contribution in [-0.2, 0) is 20.9 Å². The first-order chi connectivity index (χ1) is 16.8. The van der Waals surface area contributed by atoms with Crippen molar-refractivity contribution < 1.29 is 23.9 Å². The SMILES string of the molecule is CCOC(=O)[C@@H](C)N1C(=O)S/C(=C/c2cc(Br)c(OCc3cccc4ccccc34)c(Br)c2)C1=O. The van der Waals surface area contributed by atoms with Crippen molar-refractivity contribution in [2.75, 3.05) is 6.61 Å². The molecule has 1 saturated heterocycles. The van der Waals surface area contributed by atoms with Crippen LogP contribution < -0.4 is 4.74 Å². The van der Waals surface area contributed by atoms with Crippen molar-refractivity contribution in [2.24, 2.45) is 0 Å². The number of imide groups is 1. The third kappa shape index (κ3) is 5.47. The molecule has 0 unspecified atom stereocenters. The van der Waals surface area contributed by atoms with E-state index in [1.54, 1.807) is 13.0 Å². The molecule has 180 valence electrons. The fourth-order valence-corrected chi connectivity index (χ4v) is 6.06. The van der Waals surface area contributed by atoms with Gasteiger partial charge in [0.2, 0.25) is 0 Å². The molecule has 0 aromatic heterocycles. The van der Waals surface area contributed by atoms with Crippen LogP contribution in [0.4, 0.5) is 4.79 Å². The number of hydrogen-bond acceptors (Lipinski definition) is 6. The van der Waals surface area contributed by atoms with Gasteiger partial charge in [-0.15, -0.1) is 0 Å². The fourth-order valence-electron chi connectivity index (χ4n) is 3.70. The fraction of sp³-hybridized carbons (Fsp3) is 0.192. The van der Waals surface area contributed by atoms with E-state index in [0.29, 0.717) is 26.9 Å². The molecule has 0 saturated carbocycles. The van der Waals surface area contributed by atoms with E-state index in [9.17, 15) is 14.4 Å². The zero-order chi connectivity index (χ0) is 25.1. The van der Waals surface area contributed by atoms with Crippen molar-refractivity contribution in [3.63, 3.8) is 0 Å². The number of rotatable bonds is 7. The Bertz CT molecular complexity index is 1330. The summed E-state index contributed by atoms with van der Waals surface area (Å²) in [6, 6.07) is 16.9. The van der Waals surface area contributed by atoms with Crippen LogP contribution in [0.5, 0.6) is 5.75 Å². The van der Waals surface area contributed by atoms with Gasteiger partial charge in [-0.2, -0.15) is 0 Å². The molecule has 1 atom stereocenters. The first kappa shape index (κ1) is 25.5. The molecule has 1 aliphatic heterocycles. The number of carbonyl (C=O) groups is 3. The van der Waals surface area contributed by atoms with E-state index in [1.165, 1.54) is 6.92 Å². The highest BCUT2D eigenvalue weighted by Gasteiger charge is 2.41. The van der Waals surface area contributed by atoms with Crippen LogP contribution in [0.2, 0.25) is 0 Å². The van der Waals surface area contributed by atoms with Gasteiger partial charge in [0.15, 0.2) is 0 Å². The predicted octanol–water partition coefficient (Wildman–Crippen LogP) is 6.93. The largest absolute Gasteiger partial charge is 0.487 e. The van der Waals surface area contributed by atoms with Crippen molar-refractivity contribution >= 4 is 77.6 Å². The van der Waals surface area contributed by atoms with Crippen LogP contribution in [0.3, 0.4) is 0 Å². The smallest absolute Gasteiger partial charge is 0.329 e. The molecule has 1 aliphatic rings. The van der Waals surface area contributed by atoms with Gasteiger partial charge >= 0.3 is 5.97 Å². The molecule has 0 radical (unpaired) electrons. The minimum Gasteiger partial charge on any atom is -0.487 e. The third-order valence-electron chi connectivity index (χ3n) is 5.41. The first-order valence-electron chi connectivity index (χ1n) is 10.8. The number of thioether (sulfide) groups is 1. The zero-order valence-corrected chi connectivity index (χ0v) is 22.9. The summed E-state index contributed by atoms with van der Waals surface area (Å²) < 4.78 is 12.5. The molecular formula is C26H21Br2NO5S. The Labute approximate surface area is 223 Å². The maximum absolute atomic E-state index is 12.8. The lowest BCUT2D eigenvalue weighted by Crippen LogP contribution is -2.42. The Morgan fingerprint density at radius 2 is 1.77 bits per heavy atom. The lowest BCUT2D eigenvalue weighted by atomic mass is 10.1. The summed E-state index contributed by atoms with van der Waals surface area (Å²) in [5.74, 6) is -0.516. The second-order valence-corrected chi connectivity index (χ2v) is 10.4. The first-order valence-corrected chi connectivity index (χ1v) is 13.2. The summed E-state index contributed by atoms with van der Waals surface area (Å²) >= 11 is 7.90. The van der Waals surface area contributed by atoms with Crippen molar-refractivity contribution in [1.82, 2.24) is 4.90 Å². The van der Waals surface area contributed by atoms with Gasteiger partial charge in [0, 0.05) is 0 Å². The molecule has 3 aromatic rings. The number of amides is 2. The van der Waals surface area contributed by atoms with Gasteiger partial charge in [0.05, 0.1) is 20.5 Å². The number of carbonyl (C=O) groups excluding carboxylic acids is 3. The molecule has 3 aromatic carbocycles. The second kappa shape index (κ2) is 11.0.